The van der Waals surface area contributed by atoms with Gasteiger partial charge in [0, 0.05) is 11.5 Å². The molecule has 0 saturated heterocycles. The predicted octanol–water partition coefficient (Wildman–Crippen LogP) is 4.14. The molecule has 0 bridgehead atoms. The normalized spacial score (nSPS) is 17.2. The summed E-state index contributed by atoms with van der Waals surface area (Å²) < 4.78 is 13.5. The van der Waals surface area contributed by atoms with Crippen LogP contribution in [0.5, 0.6) is 0 Å². The first-order valence-electron chi connectivity index (χ1n) is 7.09. The number of nitrogens with one attached hydrogen (secondary N) is 1. The zero-order valence-electron chi connectivity index (χ0n) is 11.4. The number of hydrogen-bond acceptors (Lipinski definition) is 3. The first-order chi connectivity index (χ1) is 10.3. The maximum Gasteiger partial charge on any atom is 0.161 e. The number of rotatable bonds is 2. The summed E-state index contributed by atoms with van der Waals surface area (Å²) in [5.41, 5.74) is 2.37. The number of aliphatic imine (C=N–C) groups is 2. The van der Waals surface area contributed by atoms with Gasteiger partial charge in [-0.15, -0.1) is 0 Å². The van der Waals surface area contributed by atoms with Crippen LogP contribution in [-0.4, -0.2) is 11.7 Å². The number of anilines is 1. The minimum absolute atomic E-state index is 0.269. The van der Waals surface area contributed by atoms with Crippen LogP contribution in [0.25, 0.3) is 0 Å². The Labute approximate surface area is 122 Å². The molecule has 0 atom stereocenters. The number of hydrogen-bond donors (Lipinski definition) is 1. The molecule has 0 aromatic heterocycles. The topological polar surface area (TPSA) is 36.8 Å². The van der Waals surface area contributed by atoms with Crippen molar-refractivity contribution in [1.29, 1.82) is 0 Å². The molecule has 21 heavy (non-hydrogen) atoms. The molecule has 1 aliphatic heterocycles. The molecule has 4 rings (SSSR count). The average molecular weight is 279 g/mol. The summed E-state index contributed by atoms with van der Waals surface area (Å²) in [6, 6.07) is 14.5. The van der Waals surface area contributed by atoms with Gasteiger partial charge in [0.25, 0.3) is 0 Å². The van der Waals surface area contributed by atoms with Crippen LogP contribution in [0, 0.1) is 11.7 Å². The summed E-state index contributed by atoms with van der Waals surface area (Å²) in [4.78, 5) is 9.30. The van der Waals surface area contributed by atoms with E-state index in [9.17, 15) is 4.39 Å². The third-order valence-corrected chi connectivity index (χ3v) is 3.67. The van der Waals surface area contributed by atoms with Gasteiger partial charge < -0.3 is 5.32 Å². The maximum absolute atomic E-state index is 13.5. The second-order valence-electron chi connectivity index (χ2n) is 5.36. The van der Waals surface area contributed by atoms with E-state index in [1.165, 1.54) is 12.1 Å². The fraction of sp³-hybridized carbons (Fsp3) is 0.176. The second-order valence-corrected chi connectivity index (χ2v) is 5.36. The van der Waals surface area contributed by atoms with Gasteiger partial charge in [0.2, 0.25) is 0 Å². The van der Waals surface area contributed by atoms with E-state index in [1.807, 2.05) is 30.3 Å². The fourth-order valence-corrected chi connectivity index (χ4v) is 2.39. The molecule has 1 saturated carbocycles. The number of fused-ring (bicyclic) bond motifs is 1. The molecule has 0 spiro atoms. The van der Waals surface area contributed by atoms with Crippen LogP contribution in [0.4, 0.5) is 15.8 Å². The molecule has 0 radical (unpaired) electrons. The Hall–Kier alpha value is -2.49. The van der Waals surface area contributed by atoms with Gasteiger partial charge in [0.15, 0.2) is 5.84 Å². The predicted molar refractivity (Wildman–Crippen MR) is 82.8 cm³/mol. The molecular weight excluding hydrogens is 265 g/mol. The van der Waals surface area contributed by atoms with Gasteiger partial charge in [-0.2, -0.15) is 0 Å². The van der Waals surface area contributed by atoms with Gasteiger partial charge in [-0.1, -0.05) is 30.3 Å². The average Bonchev–Trinajstić information content (AvgIpc) is 3.33. The van der Waals surface area contributed by atoms with Gasteiger partial charge >= 0.3 is 0 Å². The molecule has 2 aromatic rings. The van der Waals surface area contributed by atoms with Crippen molar-refractivity contribution >= 4 is 23.0 Å². The Morgan fingerprint density at radius 1 is 1.00 bits per heavy atom. The quantitative estimate of drug-likeness (QED) is 0.881. The maximum atomic E-state index is 13.5. The number of halogens is 1. The second kappa shape index (κ2) is 4.81. The molecule has 1 heterocycles. The van der Waals surface area contributed by atoms with Crippen LogP contribution in [0.3, 0.4) is 0 Å². The Kier molecular flexibility index (Phi) is 2.81. The molecule has 1 fully saturated rings. The molecule has 0 unspecified atom stereocenters. The summed E-state index contributed by atoms with van der Waals surface area (Å²) in [5.74, 6) is 1.74. The number of benzene rings is 2. The summed E-state index contributed by atoms with van der Waals surface area (Å²) in [6.45, 7) is 0. The van der Waals surface area contributed by atoms with Crippen molar-refractivity contribution in [2.45, 2.75) is 12.8 Å². The van der Waals surface area contributed by atoms with Crippen molar-refractivity contribution in [1.82, 2.24) is 0 Å². The first-order valence-corrected chi connectivity index (χ1v) is 7.09. The lowest BCUT2D eigenvalue weighted by atomic mass is 10.2. The van der Waals surface area contributed by atoms with Crippen molar-refractivity contribution in [2.75, 3.05) is 5.32 Å². The van der Waals surface area contributed by atoms with E-state index in [0.29, 0.717) is 17.4 Å². The largest absolute Gasteiger partial charge is 0.342 e. The Morgan fingerprint density at radius 2 is 1.81 bits per heavy atom. The zero-order chi connectivity index (χ0) is 14.2. The highest BCUT2D eigenvalue weighted by atomic mass is 19.1. The molecule has 104 valence electrons. The van der Waals surface area contributed by atoms with E-state index in [2.05, 4.69) is 15.3 Å². The number of amidine groups is 2. The van der Waals surface area contributed by atoms with Crippen LogP contribution in [-0.2, 0) is 0 Å². The third kappa shape index (κ3) is 2.44. The summed E-state index contributed by atoms with van der Waals surface area (Å²) in [6.07, 6.45) is 2.25. The summed E-state index contributed by atoms with van der Waals surface area (Å²) >= 11 is 0. The van der Waals surface area contributed by atoms with Crippen molar-refractivity contribution in [3.8, 4) is 0 Å². The van der Waals surface area contributed by atoms with E-state index in [1.54, 1.807) is 6.07 Å². The molecule has 2 aromatic carbocycles. The summed E-state index contributed by atoms with van der Waals surface area (Å²) in [7, 11) is 0. The third-order valence-electron chi connectivity index (χ3n) is 3.67. The highest BCUT2D eigenvalue weighted by Gasteiger charge is 2.30. The Balaban J connectivity index is 1.86. The van der Waals surface area contributed by atoms with Crippen LogP contribution in [0.2, 0.25) is 0 Å². The van der Waals surface area contributed by atoms with Crippen molar-refractivity contribution in [3.63, 3.8) is 0 Å². The minimum atomic E-state index is -0.269. The van der Waals surface area contributed by atoms with E-state index in [-0.39, 0.29) is 5.82 Å². The summed E-state index contributed by atoms with van der Waals surface area (Å²) in [5, 5.41) is 3.26. The first kappa shape index (κ1) is 12.3. The number of nitrogens with zero attached hydrogens (tertiary/aromatic N) is 2. The lowest BCUT2D eigenvalue weighted by Crippen LogP contribution is -2.15. The fourth-order valence-electron chi connectivity index (χ4n) is 2.39. The molecule has 0 amide bonds. The van der Waals surface area contributed by atoms with Gasteiger partial charge in [-0.05, 0) is 31.0 Å². The van der Waals surface area contributed by atoms with E-state index in [4.69, 9.17) is 0 Å². The molecule has 2 aliphatic rings. The van der Waals surface area contributed by atoms with Crippen molar-refractivity contribution < 1.29 is 4.39 Å². The monoisotopic (exact) mass is 279 g/mol. The zero-order valence-corrected chi connectivity index (χ0v) is 11.4. The van der Waals surface area contributed by atoms with Gasteiger partial charge in [-0.25, -0.2) is 14.4 Å². The van der Waals surface area contributed by atoms with Crippen molar-refractivity contribution in [2.24, 2.45) is 15.9 Å². The van der Waals surface area contributed by atoms with E-state index in [0.717, 1.165) is 29.9 Å². The van der Waals surface area contributed by atoms with Crippen molar-refractivity contribution in [3.05, 3.63) is 59.9 Å². The van der Waals surface area contributed by atoms with Crippen LogP contribution in [0.1, 0.15) is 18.4 Å². The van der Waals surface area contributed by atoms with Crippen LogP contribution in [0.15, 0.2) is 58.5 Å². The molecule has 1 N–H and O–H groups in total. The molecule has 3 nitrogen and oxygen atoms in total. The smallest absolute Gasteiger partial charge is 0.161 e. The minimum Gasteiger partial charge on any atom is -0.342 e. The highest BCUT2D eigenvalue weighted by Crippen LogP contribution is 2.35. The standard InChI is InChI=1S/C17H14FN3/c18-13-8-9-14-15(10-13)20-17(12-6-7-12)21-16(19-14)11-4-2-1-3-5-11/h1-5,8-10,12H,6-7H2,(H,19,20,21). The molecule has 1 aliphatic carbocycles. The Morgan fingerprint density at radius 3 is 2.57 bits per heavy atom. The van der Waals surface area contributed by atoms with E-state index >= 15 is 0 Å². The Bertz CT molecular complexity index is 746. The van der Waals surface area contributed by atoms with E-state index < -0.39 is 0 Å². The lowest BCUT2D eigenvalue weighted by molar-refractivity contribution is 0.628. The SMILES string of the molecule is Fc1ccc2c(c1)NC(C1CC1)=NC(c1ccccc1)=N2. The van der Waals surface area contributed by atoms with Crippen LogP contribution >= 0.6 is 0 Å². The molecule has 4 heteroatoms. The van der Waals surface area contributed by atoms with Gasteiger partial charge in [0.05, 0.1) is 11.4 Å². The van der Waals surface area contributed by atoms with Crippen LogP contribution < -0.4 is 5.32 Å². The van der Waals surface area contributed by atoms with Gasteiger partial charge in [-0.3, -0.25) is 0 Å². The van der Waals surface area contributed by atoms with Gasteiger partial charge in [0.1, 0.15) is 11.7 Å². The molecular formula is C17H14FN3. The highest BCUT2D eigenvalue weighted by molar-refractivity contribution is 6.14. The lowest BCUT2D eigenvalue weighted by Gasteiger charge is -2.08.